The molecule has 33 heavy (non-hydrogen) atoms. The summed E-state index contributed by atoms with van der Waals surface area (Å²) in [4.78, 5) is 19.7. The predicted molar refractivity (Wildman–Crippen MR) is 124 cm³/mol. The van der Waals surface area contributed by atoms with E-state index in [2.05, 4.69) is 14.7 Å². The zero-order valence-electron chi connectivity index (χ0n) is 17.8. The third-order valence-electron chi connectivity index (χ3n) is 5.18. The molecule has 0 radical (unpaired) electrons. The Labute approximate surface area is 193 Å². The molecule has 0 unspecified atom stereocenters. The molecular weight excluding hydrogens is 449 g/mol. The number of nitrogens with zero attached hydrogens (tertiary/aromatic N) is 1. The summed E-state index contributed by atoms with van der Waals surface area (Å²) in [5, 5.41) is 0. The lowest BCUT2D eigenvalue weighted by Crippen LogP contribution is -2.04. The molecule has 0 bridgehead atoms. The van der Waals surface area contributed by atoms with Crippen LogP contribution in [0, 0.1) is 0 Å². The molecule has 0 saturated carbocycles. The molecule has 1 aromatic heterocycles. The lowest BCUT2D eigenvalue weighted by atomic mass is 10.0. The van der Waals surface area contributed by atoms with Crippen LogP contribution in [-0.4, -0.2) is 28.8 Å². The number of rotatable bonds is 7. The van der Waals surface area contributed by atoms with Crippen molar-refractivity contribution in [3.05, 3.63) is 72.3 Å². The third kappa shape index (κ3) is 5.57. The van der Waals surface area contributed by atoms with Crippen molar-refractivity contribution in [1.29, 1.82) is 0 Å². The van der Waals surface area contributed by atoms with Crippen molar-refractivity contribution in [2.75, 3.05) is 12.9 Å². The van der Waals surface area contributed by atoms with Crippen LogP contribution >= 0.6 is 11.8 Å². The number of carbonyl (C=O) groups is 1. The van der Waals surface area contributed by atoms with Gasteiger partial charge in [0.25, 0.3) is 0 Å². The van der Waals surface area contributed by atoms with Gasteiger partial charge in [0.15, 0.2) is 0 Å². The Morgan fingerprint density at radius 3 is 2.24 bits per heavy atom. The van der Waals surface area contributed by atoms with Crippen molar-refractivity contribution in [2.45, 2.75) is 23.9 Å². The summed E-state index contributed by atoms with van der Waals surface area (Å²) in [5.74, 6) is 1.17. The van der Waals surface area contributed by atoms with Crippen LogP contribution in [0.3, 0.4) is 0 Å². The number of aromatic nitrogens is 2. The lowest BCUT2D eigenvalue weighted by Gasteiger charge is -2.06. The minimum absolute atomic E-state index is 0.192. The van der Waals surface area contributed by atoms with Crippen molar-refractivity contribution < 1.29 is 22.7 Å². The first kappa shape index (κ1) is 22.9. The molecule has 4 nitrogen and oxygen atoms in total. The first-order chi connectivity index (χ1) is 15.8. The van der Waals surface area contributed by atoms with Crippen LogP contribution in [0.2, 0.25) is 0 Å². The van der Waals surface area contributed by atoms with Gasteiger partial charge in [0.2, 0.25) is 0 Å². The van der Waals surface area contributed by atoms with Crippen molar-refractivity contribution >= 4 is 28.8 Å². The highest BCUT2D eigenvalue weighted by atomic mass is 32.2. The van der Waals surface area contributed by atoms with E-state index in [0.29, 0.717) is 17.8 Å². The molecule has 0 aliphatic rings. The van der Waals surface area contributed by atoms with E-state index in [1.54, 1.807) is 11.8 Å². The Bertz CT molecular complexity index is 1250. The van der Waals surface area contributed by atoms with Crippen LogP contribution in [0.5, 0.6) is 0 Å². The van der Waals surface area contributed by atoms with Gasteiger partial charge in [0.1, 0.15) is 5.82 Å². The van der Waals surface area contributed by atoms with Gasteiger partial charge in [-0.05, 0) is 53.6 Å². The van der Waals surface area contributed by atoms with Crippen LogP contribution in [0.15, 0.2) is 71.6 Å². The van der Waals surface area contributed by atoms with Crippen molar-refractivity contribution in [3.63, 3.8) is 0 Å². The van der Waals surface area contributed by atoms with Crippen molar-refractivity contribution in [1.82, 2.24) is 9.97 Å². The maximum atomic E-state index is 12.9. The Morgan fingerprint density at radius 2 is 1.61 bits per heavy atom. The van der Waals surface area contributed by atoms with E-state index in [-0.39, 0.29) is 11.5 Å². The first-order valence-corrected chi connectivity index (χ1v) is 11.3. The highest BCUT2D eigenvalue weighted by molar-refractivity contribution is 7.99. The number of hydrogen-bond donors (Lipinski definition) is 1. The van der Waals surface area contributed by atoms with E-state index in [0.717, 1.165) is 45.9 Å². The van der Waals surface area contributed by atoms with Gasteiger partial charge in [-0.1, -0.05) is 36.4 Å². The van der Waals surface area contributed by atoms with Gasteiger partial charge >= 0.3 is 12.1 Å². The number of aromatic amines is 1. The van der Waals surface area contributed by atoms with Crippen LogP contribution in [0.1, 0.15) is 18.4 Å². The summed E-state index contributed by atoms with van der Waals surface area (Å²) >= 11 is 1.69. The van der Waals surface area contributed by atoms with Gasteiger partial charge in [-0.3, -0.25) is 4.79 Å². The Morgan fingerprint density at radius 1 is 0.970 bits per heavy atom. The van der Waals surface area contributed by atoms with Crippen LogP contribution in [-0.2, 0) is 15.7 Å². The number of alkyl halides is 3. The maximum absolute atomic E-state index is 12.9. The monoisotopic (exact) mass is 470 g/mol. The summed E-state index contributed by atoms with van der Waals surface area (Å²) < 4.78 is 43.5. The number of esters is 1. The van der Waals surface area contributed by atoms with Gasteiger partial charge in [-0.2, -0.15) is 13.2 Å². The number of methoxy groups -OCH3 is 1. The number of benzene rings is 3. The molecule has 4 rings (SSSR count). The fraction of sp³-hybridized carbons (Fsp3) is 0.200. The maximum Gasteiger partial charge on any atom is 0.416 e. The van der Waals surface area contributed by atoms with Gasteiger partial charge in [-0.15, -0.1) is 11.8 Å². The Balaban J connectivity index is 1.43. The third-order valence-corrected chi connectivity index (χ3v) is 6.28. The number of carbonyl (C=O) groups excluding carboxylic acids is 1. The van der Waals surface area contributed by atoms with Crippen LogP contribution in [0.4, 0.5) is 13.2 Å². The molecule has 0 spiro atoms. The topological polar surface area (TPSA) is 55.0 Å². The van der Waals surface area contributed by atoms with Crippen molar-refractivity contribution in [2.24, 2.45) is 0 Å². The van der Waals surface area contributed by atoms with Crippen LogP contribution in [0.25, 0.3) is 33.5 Å². The number of nitrogens with one attached hydrogen (secondary N) is 1. The van der Waals surface area contributed by atoms with E-state index in [4.69, 9.17) is 0 Å². The molecule has 0 saturated heterocycles. The molecule has 170 valence electrons. The second kappa shape index (κ2) is 9.70. The minimum Gasteiger partial charge on any atom is -0.469 e. The van der Waals surface area contributed by atoms with E-state index >= 15 is 0 Å². The molecule has 8 heteroatoms. The zero-order chi connectivity index (χ0) is 23.4. The number of halogens is 3. The highest BCUT2D eigenvalue weighted by Gasteiger charge is 2.30. The molecule has 4 aromatic rings. The Kier molecular flexibility index (Phi) is 6.74. The van der Waals surface area contributed by atoms with E-state index in [1.807, 2.05) is 48.5 Å². The second-order valence-corrected chi connectivity index (χ2v) is 8.61. The molecular formula is C25H21F3N2O2S. The number of ether oxygens (including phenoxy) is 1. The highest BCUT2D eigenvalue weighted by Crippen LogP contribution is 2.32. The lowest BCUT2D eigenvalue weighted by molar-refractivity contribution is -0.140. The number of hydrogen-bond acceptors (Lipinski definition) is 4. The molecule has 0 fully saturated rings. The summed E-state index contributed by atoms with van der Waals surface area (Å²) in [6.45, 7) is 0. The minimum atomic E-state index is -4.40. The molecule has 0 aliphatic heterocycles. The normalized spacial score (nSPS) is 11.6. The van der Waals surface area contributed by atoms with Gasteiger partial charge in [0.05, 0.1) is 23.7 Å². The van der Waals surface area contributed by atoms with Gasteiger partial charge < -0.3 is 9.72 Å². The first-order valence-electron chi connectivity index (χ1n) is 10.3. The van der Waals surface area contributed by atoms with Crippen molar-refractivity contribution in [3.8, 4) is 22.5 Å². The number of fused-ring (bicyclic) bond motifs is 1. The summed E-state index contributed by atoms with van der Waals surface area (Å²) in [6, 6.07) is 19.4. The number of thioether (sulfide) groups is 1. The summed E-state index contributed by atoms with van der Waals surface area (Å²) in [6.07, 6.45) is -3.21. The van der Waals surface area contributed by atoms with E-state index in [9.17, 15) is 18.0 Å². The number of imidazole rings is 1. The molecule has 0 aliphatic carbocycles. The quantitative estimate of drug-likeness (QED) is 0.180. The summed E-state index contributed by atoms with van der Waals surface area (Å²) in [5.41, 5.74) is 3.00. The molecule has 1 heterocycles. The SMILES string of the molecule is COC(=O)CCCSc1ccc(-c2ccc(-c3nc4cc(C(F)(F)F)ccc4[nH]3)cc2)cc1. The van der Waals surface area contributed by atoms with Gasteiger partial charge in [0, 0.05) is 16.9 Å². The molecule has 1 N–H and O–H groups in total. The largest absolute Gasteiger partial charge is 0.469 e. The second-order valence-electron chi connectivity index (χ2n) is 7.44. The molecule has 0 atom stereocenters. The fourth-order valence-corrected chi connectivity index (χ4v) is 4.24. The smallest absolute Gasteiger partial charge is 0.416 e. The Hall–Kier alpha value is -3.26. The fourth-order valence-electron chi connectivity index (χ4n) is 3.39. The average Bonchev–Trinajstić information content (AvgIpc) is 3.25. The summed E-state index contributed by atoms with van der Waals surface area (Å²) in [7, 11) is 1.39. The van der Waals surface area contributed by atoms with Gasteiger partial charge in [-0.25, -0.2) is 4.98 Å². The predicted octanol–water partition coefficient (Wildman–Crippen LogP) is 6.96. The van der Waals surface area contributed by atoms with E-state index in [1.165, 1.54) is 13.2 Å². The van der Waals surface area contributed by atoms with Crippen LogP contribution < -0.4 is 0 Å². The average molecular weight is 471 g/mol. The zero-order valence-corrected chi connectivity index (χ0v) is 18.6. The van der Waals surface area contributed by atoms with E-state index < -0.39 is 11.7 Å². The standard InChI is InChI=1S/C25H21F3N2O2S/c1-32-23(31)3-2-14-33-20-11-8-17(9-12-20)16-4-6-18(7-5-16)24-29-21-13-10-19(25(26,27)28)15-22(21)30-24/h4-13,15H,2-3,14H2,1H3,(H,29,30). The number of H-pyrrole nitrogens is 1. The molecule has 3 aromatic carbocycles. The molecule has 0 amide bonds.